The van der Waals surface area contributed by atoms with Gasteiger partial charge < -0.3 is 15.7 Å². The molecule has 3 N–H and O–H groups in total. The molecule has 0 aromatic heterocycles. The lowest BCUT2D eigenvalue weighted by Crippen LogP contribution is -2.49. The highest BCUT2D eigenvalue weighted by Gasteiger charge is 2.22. The van der Waals surface area contributed by atoms with Crippen LogP contribution in [-0.4, -0.2) is 29.6 Å². The summed E-state index contributed by atoms with van der Waals surface area (Å²) in [5.41, 5.74) is 2.18. The lowest BCUT2D eigenvalue weighted by atomic mass is 9.99. The zero-order valence-corrected chi connectivity index (χ0v) is 22.9. The first-order chi connectivity index (χ1) is 17.9. The average molecular weight is 501 g/mol. The second-order valence-corrected chi connectivity index (χ2v) is 10.8. The van der Waals surface area contributed by atoms with Gasteiger partial charge in [0, 0.05) is 6.04 Å². The number of phenolic OH excluding ortho intramolecular Hbond substituents is 1. The van der Waals surface area contributed by atoms with Crippen molar-refractivity contribution in [2.75, 3.05) is 6.54 Å². The molecule has 3 aromatic rings. The van der Waals surface area contributed by atoms with E-state index in [9.17, 15) is 9.90 Å². The second-order valence-electron chi connectivity index (χ2n) is 10.8. The van der Waals surface area contributed by atoms with E-state index in [0.29, 0.717) is 18.3 Å². The van der Waals surface area contributed by atoms with Crippen molar-refractivity contribution < 1.29 is 9.90 Å². The molecule has 198 valence electrons. The molecular weight excluding hydrogens is 456 g/mol. The fourth-order valence-electron chi connectivity index (χ4n) is 4.72. The summed E-state index contributed by atoms with van der Waals surface area (Å²) in [6, 6.07) is 21.5. The first-order valence-electron chi connectivity index (χ1n) is 13.8. The van der Waals surface area contributed by atoms with Crippen LogP contribution in [0, 0.1) is 11.8 Å². The largest absolute Gasteiger partial charge is 0.508 e. The maximum absolute atomic E-state index is 13.6. The topological polar surface area (TPSA) is 61.4 Å². The standard InChI is InChI=1S/C33H44N2O2/c1-5-6-10-25(4)23-34-32(22-26-15-19-30(36)20-16-26)33(37)35-29(21-24(2)3)18-17-28-13-9-12-27-11-7-8-14-31(27)28/h7-9,11-20,24-25,29,32,34,36H,5-6,10,21-23H2,1-4H3,(H,35,37)/b18-17+/t25-,29+,32-/m0/s1. The summed E-state index contributed by atoms with van der Waals surface area (Å²) < 4.78 is 0. The van der Waals surface area contributed by atoms with Crippen molar-refractivity contribution in [2.24, 2.45) is 11.8 Å². The summed E-state index contributed by atoms with van der Waals surface area (Å²) in [5.74, 6) is 1.21. The molecule has 0 radical (unpaired) electrons. The van der Waals surface area contributed by atoms with Crippen molar-refractivity contribution in [2.45, 2.75) is 71.9 Å². The molecular formula is C33H44N2O2. The van der Waals surface area contributed by atoms with Gasteiger partial charge in [-0.05, 0) is 71.7 Å². The Morgan fingerprint density at radius 3 is 2.43 bits per heavy atom. The molecule has 37 heavy (non-hydrogen) atoms. The van der Waals surface area contributed by atoms with Gasteiger partial charge >= 0.3 is 0 Å². The molecule has 4 heteroatoms. The molecule has 0 fully saturated rings. The molecule has 1 amide bonds. The summed E-state index contributed by atoms with van der Waals surface area (Å²) in [6.45, 7) is 9.63. The molecule has 0 bridgehead atoms. The van der Waals surface area contributed by atoms with E-state index in [1.165, 1.54) is 23.6 Å². The number of hydrogen-bond donors (Lipinski definition) is 3. The van der Waals surface area contributed by atoms with Crippen LogP contribution in [0.2, 0.25) is 0 Å². The number of aromatic hydroxyl groups is 1. The fourth-order valence-corrected chi connectivity index (χ4v) is 4.72. The third-order valence-electron chi connectivity index (χ3n) is 6.84. The highest BCUT2D eigenvalue weighted by molar-refractivity contribution is 5.90. The van der Waals surface area contributed by atoms with E-state index in [1.54, 1.807) is 12.1 Å². The molecule has 0 aliphatic rings. The molecule has 0 saturated carbocycles. The summed E-state index contributed by atoms with van der Waals surface area (Å²) in [5, 5.41) is 19.0. The van der Waals surface area contributed by atoms with Crippen molar-refractivity contribution in [1.82, 2.24) is 10.6 Å². The van der Waals surface area contributed by atoms with Crippen molar-refractivity contribution in [3.05, 3.63) is 83.9 Å². The van der Waals surface area contributed by atoms with Gasteiger partial charge in [0.25, 0.3) is 0 Å². The number of phenols is 1. The molecule has 0 heterocycles. The number of nitrogens with one attached hydrogen (secondary N) is 2. The van der Waals surface area contributed by atoms with Crippen LogP contribution in [0.5, 0.6) is 5.75 Å². The Bertz CT molecular complexity index is 1130. The molecule has 4 nitrogen and oxygen atoms in total. The van der Waals surface area contributed by atoms with Crippen molar-refractivity contribution >= 4 is 22.8 Å². The first-order valence-corrected chi connectivity index (χ1v) is 13.8. The van der Waals surface area contributed by atoms with Crippen molar-refractivity contribution in [3.8, 4) is 5.75 Å². The number of rotatable bonds is 14. The predicted octanol–water partition coefficient (Wildman–Crippen LogP) is 7.12. The monoisotopic (exact) mass is 500 g/mol. The van der Waals surface area contributed by atoms with Crippen molar-refractivity contribution in [3.63, 3.8) is 0 Å². The smallest absolute Gasteiger partial charge is 0.237 e. The van der Waals surface area contributed by atoms with E-state index in [1.807, 2.05) is 12.1 Å². The van der Waals surface area contributed by atoms with Crippen LogP contribution in [0.15, 0.2) is 72.8 Å². The molecule has 0 saturated heterocycles. The van der Waals surface area contributed by atoms with Gasteiger partial charge in [-0.3, -0.25) is 4.79 Å². The van der Waals surface area contributed by atoms with Crippen LogP contribution in [0.3, 0.4) is 0 Å². The fraction of sp³-hybridized carbons (Fsp3) is 0.424. The Balaban J connectivity index is 1.76. The summed E-state index contributed by atoms with van der Waals surface area (Å²) in [6.07, 6.45) is 9.27. The van der Waals surface area contributed by atoms with Crippen LogP contribution in [0.25, 0.3) is 16.8 Å². The summed E-state index contributed by atoms with van der Waals surface area (Å²) in [7, 11) is 0. The van der Waals surface area contributed by atoms with Crippen LogP contribution in [0.1, 0.15) is 64.5 Å². The molecule has 3 rings (SSSR count). The highest BCUT2D eigenvalue weighted by atomic mass is 16.3. The minimum absolute atomic E-state index is 0.0176. The number of fused-ring (bicyclic) bond motifs is 1. The molecule has 0 aliphatic carbocycles. The molecule has 3 aromatic carbocycles. The molecule has 3 atom stereocenters. The molecule has 0 aliphatic heterocycles. The van der Waals surface area contributed by atoms with E-state index < -0.39 is 0 Å². The Kier molecular flexibility index (Phi) is 11.2. The van der Waals surface area contributed by atoms with Crippen molar-refractivity contribution in [1.29, 1.82) is 0 Å². The summed E-state index contributed by atoms with van der Waals surface area (Å²) in [4.78, 5) is 13.6. The van der Waals surface area contributed by atoms with Gasteiger partial charge in [-0.2, -0.15) is 0 Å². The van der Waals surface area contributed by atoms with Gasteiger partial charge in [-0.15, -0.1) is 0 Å². The van der Waals surface area contributed by atoms with Crippen LogP contribution in [0.4, 0.5) is 0 Å². The van der Waals surface area contributed by atoms with Gasteiger partial charge in [-0.25, -0.2) is 0 Å². The summed E-state index contributed by atoms with van der Waals surface area (Å²) >= 11 is 0. The quantitative estimate of drug-likeness (QED) is 0.221. The lowest BCUT2D eigenvalue weighted by Gasteiger charge is -2.24. The van der Waals surface area contributed by atoms with Gasteiger partial charge in [0.15, 0.2) is 0 Å². The number of unbranched alkanes of at least 4 members (excludes halogenated alkanes) is 1. The van der Waals surface area contributed by atoms with E-state index in [0.717, 1.165) is 30.5 Å². The number of hydrogen-bond acceptors (Lipinski definition) is 3. The number of carbonyl (C=O) groups is 1. The van der Waals surface area contributed by atoms with E-state index in [4.69, 9.17) is 0 Å². The Morgan fingerprint density at radius 2 is 1.70 bits per heavy atom. The third-order valence-corrected chi connectivity index (χ3v) is 6.84. The minimum atomic E-state index is -0.339. The van der Waals surface area contributed by atoms with Gasteiger partial charge in [0.1, 0.15) is 5.75 Å². The average Bonchev–Trinajstić information content (AvgIpc) is 2.89. The zero-order chi connectivity index (χ0) is 26.6. The molecule has 0 spiro atoms. The maximum Gasteiger partial charge on any atom is 0.237 e. The normalized spacial score (nSPS) is 14.2. The number of amides is 1. The Labute approximate surface area is 223 Å². The van der Waals surface area contributed by atoms with E-state index >= 15 is 0 Å². The Morgan fingerprint density at radius 1 is 0.973 bits per heavy atom. The molecule has 0 unspecified atom stereocenters. The van der Waals surface area contributed by atoms with Crippen LogP contribution < -0.4 is 10.6 Å². The Hall–Kier alpha value is -3.11. The van der Waals surface area contributed by atoms with Gasteiger partial charge in [0.05, 0.1) is 6.04 Å². The minimum Gasteiger partial charge on any atom is -0.508 e. The first kappa shape index (κ1) is 28.5. The van der Waals surface area contributed by atoms with Crippen LogP contribution in [-0.2, 0) is 11.2 Å². The second kappa shape index (κ2) is 14.6. The van der Waals surface area contributed by atoms with E-state index in [-0.39, 0.29) is 23.7 Å². The SMILES string of the molecule is CCCC[C@H](C)CN[C@@H](Cc1ccc(O)cc1)C(=O)N[C@H](/C=C/c1cccc2ccccc12)CC(C)C. The third kappa shape index (κ3) is 9.36. The van der Waals surface area contributed by atoms with Gasteiger partial charge in [0.2, 0.25) is 5.91 Å². The van der Waals surface area contributed by atoms with Gasteiger partial charge in [-0.1, -0.05) is 107 Å². The predicted molar refractivity (Wildman–Crippen MR) is 157 cm³/mol. The lowest BCUT2D eigenvalue weighted by molar-refractivity contribution is -0.123. The van der Waals surface area contributed by atoms with Crippen LogP contribution >= 0.6 is 0 Å². The maximum atomic E-state index is 13.6. The highest BCUT2D eigenvalue weighted by Crippen LogP contribution is 2.20. The van der Waals surface area contributed by atoms with E-state index in [2.05, 4.69) is 92.9 Å². The number of carbonyl (C=O) groups excluding carboxylic acids is 1. The number of benzene rings is 3. The zero-order valence-electron chi connectivity index (χ0n) is 22.9.